The summed E-state index contributed by atoms with van der Waals surface area (Å²) in [5.74, 6) is -17.2. The highest BCUT2D eigenvalue weighted by Crippen LogP contribution is 2.51. The van der Waals surface area contributed by atoms with Crippen LogP contribution in [0, 0.1) is 18.8 Å². The monoisotopic (exact) mass is 848 g/mol. The number of aromatic nitrogens is 3. The second-order valence-corrected chi connectivity index (χ2v) is 15.6. The number of amides is 3. The number of carbonyl (C=O) groups excluding carboxylic acids is 3. The van der Waals surface area contributed by atoms with E-state index in [1.807, 2.05) is 0 Å². The Kier molecular flexibility index (Phi) is 13.3. The molecule has 1 saturated carbocycles. The van der Waals surface area contributed by atoms with Crippen molar-refractivity contribution in [1.82, 2.24) is 25.8 Å². The maximum Gasteiger partial charge on any atom is 0.460 e. The molecule has 1 aliphatic carbocycles. The average Bonchev–Trinajstić information content (AvgIpc) is 3.68. The maximum absolute atomic E-state index is 14.2. The van der Waals surface area contributed by atoms with Crippen molar-refractivity contribution in [3.05, 3.63) is 89.2 Å². The number of alkyl halides is 7. The van der Waals surface area contributed by atoms with Gasteiger partial charge in [0, 0.05) is 30.1 Å². The molecule has 1 aromatic heterocycles. The Bertz CT molecular complexity index is 2180. The molecule has 0 saturated heterocycles. The van der Waals surface area contributed by atoms with Crippen LogP contribution in [-0.2, 0) is 26.7 Å². The molecular formula is C41H43F7N6O6. The van der Waals surface area contributed by atoms with Gasteiger partial charge < -0.3 is 25.8 Å². The van der Waals surface area contributed by atoms with Crippen LogP contribution in [0.25, 0.3) is 22.5 Å². The molecule has 19 heteroatoms. The number of carboxylic acids is 1. The Morgan fingerprint density at radius 3 is 2.05 bits per heavy atom. The Labute approximate surface area is 339 Å². The van der Waals surface area contributed by atoms with Crippen molar-refractivity contribution >= 4 is 29.6 Å². The van der Waals surface area contributed by atoms with Crippen LogP contribution in [0.2, 0.25) is 0 Å². The fraction of sp³-hybridized carbons (Fsp3) is 0.415. The van der Waals surface area contributed by atoms with Crippen molar-refractivity contribution in [2.45, 2.75) is 89.5 Å². The molecule has 322 valence electrons. The van der Waals surface area contributed by atoms with Crippen molar-refractivity contribution in [3.63, 3.8) is 0 Å². The fourth-order valence-electron chi connectivity index (χ4n) is 6.64. The van der Waals surface area contributed by atoms with Crippen LogP contribution in [0.4, 0.5) is 41.2 Å². The summed E-state index contributed by atoms with van der Waals surface area (Å²) in [6.07, 6.45) is -4.78. The van der Waals surface area contributed by atoms with E-state index in [1.54, 1.807) is 64.1 Å². The minimum absolute atomic E-state index is 0.0404. The predicted molar refractivity (Wildman–Crippen MR) is 204 cm³/mol. The first-order valence-corrected chi connectivity index (χ1v) is 18.8. The lowest BCUT2D eigenvalue weighted by atomic mass is 9.81. The lowest BCUT2D eigenvalue weighted by Gasteiger charge is -2.29. The standard InChI is InChI=1S/C41H43F7N6O6/c1-22-19-28(35(57)58)15-18-30(22)25-9-5-23(6-10-25)20-31(51-33(55)27-11-7-24(8-12-27)21-49-37(59)60-38(2,3)4)34(56)50-29-16-13-26(14-17-29)32-52-36(54-53-32)39(42,43)40(44,45)41(46,47)48/h5-6,9-10,13-19,24,27,31H,7-8,11-12,20-21H2,1-4H3,(H,49,59)(H,50,56)(H,51,55)(H,57,58)(H,52,53,54)/t24?,27?,31-/m0/s1. The largest absolute Gasteiger partial charge is 0.478 e. The number of nitrogens with one attached hydrogen (secondary N) is 4. The summed E-state index contributed by atoms with van der Waals surface area (Å²) in [5, 5.41) is 22.4. The van der Waals surface area contributed by atoms with E-state index in [1.165, 1.54) is 35.4 Å². The highest BCUT2D eigenvalue weighted by atomic mass is 19.4. The second-order valence-electron chi connectivity index (χ2n) is 15.6. The minimum Gasteiger partial charge on any atom is -0.478 e. The number of hydrogen-bond acceptors (Lipinski definition) is 7. The highest BCUT2D eigenvalue weighted by molar-refractivity contribution is 5.98. The van der Waals surface area contributed by atoms with E-state index < -0.39 is 65.2 Å². The quantitative estimate of drug-likeness (QED) is 0.0834. The zero-order valence-corrected chi connectivity index (χ0v) is 32.9. The van der Waals surface area contributed by atoms with E-state index >= 15 is 0 Å². The van der Waals surface area contributed by atoms with Crippen LogP contribution in [0.3, 0.4) is 0 Å². The molecule has 3 aromatic carbocycles. The van der Waals surface area contributed by atoms with Crippen molar-refractivity contribution < 1.29 is 59.8 Å². The van der Waals surface area contributed by atoms with Gasteiger partial charge in [-0.25, -0.2) is 14.6 Å². The number of anilines is 1. The summed E-state index contributed by atoms with van der Waals surface area (Å²) in [5.41, 5.74) is 2.57. The Morgan fingerprint density at radius 1 is 0.867 bits per heavy atom. The molecule has 5 rings (SSSR count). The number of benzene rings is 3. The molecule has 0 unspecified atom stereocenters. The Morgan fingerprint density at radius 2 is 1.48 bits per heavy atom. The summed E-state index contributed by atoms with van der Waals surface area (Å²) < 4.78 is 98.8. The number of ether oxygens (including phenoxy) is 1. The molecular weight excluding hydrogens is 805 g/mol. The molecule has 1 heterocycles. The van der Waals surface area contributed by atoms with E-state index in [-0.39, 0.29) is 35.1 Å². The van der Waals surface area contributed by atoms with Gasteiger partial charge in [-0.1, -0.05) is 30.3 Å². The Hall–Kier alpha value is -6.01. The van der Waals surface area contributed by atoms with Crippen LogP contribution in [0.15, 0.2) is 66.7 Å². The molecule has 0 radical (unpaired) electrons. The summed E-state index contributed by atoms with van der Waals surface area (Å²) in [7, 11) is 0. The van der Waals surface area contributed by atoms with Gasteiger partial charge >= 0.3 is 30.1 Å². The van der Waals surface area contributed by atoms with Crippen molar-refractivity contribution in [2.24, 2.45) is 11.8 Å². The highest BCUT2D eigenvalue weighted by Gasteiger charge is 2.75. The summed E-state index contributed by atoms with van der Waals surface area (Å²) >= 11 is 0. The van der Waals surface area contributed by atoms with Gasteiger partial charge in [0.2, 0.25) is 17.6 Å². The van der Waals surface area contributed by atoms with E-state index in [2.05, 4.69) is 26.0 Å². The number of halogens is 7. The molecule has 3 amide bonds. The first-order chi connectivity index (χ1) is 27.9. The zero-order chi connectivity index (χ0) is 44.2. The van der Waals surface area contributed by atoms with Crippen LogP contribution >= 0.6 is 0 Å². The zero-order valence-electron chi connectivity index (χ0n) is 32.9. The minimum atomic E-state index is -6.57. The third kappa shape index (κ3) is 10.8. The molecule has 1 fully saturated rings. The maximum atomic E-state index is 14.2. The third-order valence-electron chi connectivity index (χ3n) is 9.91. The van der Waals surface area contributed by atoms with Gasteiger partial charge in [-0.3, -0.25) is 14.7 Å². The van der Waals surface area contributed by atoms with Crippen LogP contribution in [-0.4, -0.2) is 74.5 Å². The fourth-order valence-corrected chi connectivity index (χ4v) is 6.64. The number of aromatic amines is 1. The number of carboxylic acid groups (broad SMARTS) is 1. The molecule has 4 aromatic rings. The van der Waals surface area contributed by atoms with Gasteiger partial charge in [-0.15, -0.1) is 0 Å². The topological polar surface area (TPSA) is 175 Å². The number of alkyl carbamates (subject to hydrolysis) is 1. The number of aryl methyl sites for hydroxylation is 1. The average molecular weight is 849 g/mol. The molecule has 0 spiro atoms. The summed E-state index contributed by atoms with van der Waals surface area (Å²) in [6.45, 7) is 7.43. The smallest absolute Gasteiger partial charge is 0.460 e. The number of hydrogen-bond donors (Lipinski definition) is 5. The van der Waals surface area contributed by atoms with Crippen LogP contribution in [0.5, 0.6) is 0 Å². The van der Waals surface area contributed by atoms with E-state index in [4.69, 9.17) is 4.74 Å². The van der Waals surface area contributed by atoms with Gasteiger partial charge in [-0.2, -0.15) is 35.8 Å². The first-order valence-electron chi connectivity index (χ1n) is 18.8. The number of carbonyl (C=O) groups is 4. The number of rotatable bonds is 13. The molecule has 60 heavy (non-hydrogen) atoms. The van der Waals surface area contributed by atoms with E-state index in [9.17, 15) is 55.0 Å². The van der Waals surface area contributed by atoms with Crippen LogP contribution in [0.1, 0.15) is 73.8 Å². The van der Waals surface area contributed by atoms with Crippen molar-refractivity contribution in [2.75, 3.05) is 11.9 Å². The lowest BCUT2D eigenvalue weighted by molar-refractivity contribution is -0.361. The summed E-state index contributed by atoms with van der Waals surface area (Å²) in [6, 6.07) is 15.8. The number of aromatic carboxylic acids is 1. The second kappa shape index (κ2) is 17.7. The lowest BCUT2D eigenvalue weighted by Crippen LogP contribution is -2.50. The normalized spacial score (nSPS) is 16.7. The van der Waals surface area contributed by atoms with Crippen LogP contribution < -0.4 is 16.0 Å². The molecule has 0 aliphatic heterocycles. The molecule has 1 aliphatic rings. The van der Waals surface area contributed by atoms with Crippen molar-refractivity contribution in [1.29, 1.82) is 0 Å². The van der Waals surface area contributed by atoms with E-state index in [0.717, 1.165) is 16.7 Å². The van der Waals surface area contributed by atoms with E-state index in [0.29, 0.717) is 37.8 Å². The summed E-state index contributed by atoms with van der Waals surface area (Å²) in [4.78, 5) is 54.1. The first kappa shape index (κ1) is 45.1. The van der Waals surface area contributed by atoms with Gasteiger partial charge in [0.15, 0.2) is 5.82 Å². The van der Waals surface area contributed by atoms with Gasteiger partial charge in [0.25, 0.3) is 0 Å². The van der Waals surface area contributed by atoms with Gasteiger partial charge in [0.1, 0.15) is 11.6 Å². The van der Waals surface area contributed by atoms with Crippen molar-refractivity contribution in [3.8, 4) is 22.5 Å². The van der Waals surface area contributed by atoms with Gasteiger partial charge in [-0.05, 0) is 118 Å². The molecule has 1 atom stereocenters. The Balaban J connectivity index is 1.29. The number of H-pyrrole nitrogens is 1. The number of nitrogens with zero attached hydrogens (tertiary/aromatic N) is 2. The predicted octanol–water partition coefficient (Wildman–Crippen LogP) is 8.43. The third-order valence-corrected chi connectivity index (χ3v) is 9.91. The molecule has 12 nitrogen and oxygen atoms in total. The molecule has 5 N–H and O–H groups in total. The molecule has 0 bridgehead atoms. The van der Waals surface area contributed by atoms with Gasteiger partial charge in [0.05, 0.1) is 5.56 Å². The SMILES string of the molecule is Cc1cc(C(=O)O)ccc1-c1ccc(C[C@H](NC(=O)C2CCC(CNC(=O)OC(C)(C)C)CC2)C(=O)Nc2ccc(-c3n[nH]c(C(F)(F)C(F)(F)C(F)(F)F)n3)cc2)cc1.